The summed E-state index contributed by atoms with van der Waals surface area (Å²) >= 11 is 6.24. The number of carbonyl (C=O) groups is 1. The van der Waals surface area contributed by atoms with Gasteiger partial charge in [0.05, 0.1) is 9.95 Å². The van der Waals surface area contributed by atoms with E-state index >= 15 is 0 Å². The van der Waals surface area contributed by atoms with Gasteiger partial charge in [-0.3, -0.25) is 14.9 Å². The van der Waals surface area contributed by atoms with E-state index < -0.39 is 4.92 Å². The maximum atomic E-state index is 12.7. The number of benzene rings is 2. The molecule has 1 aliphatic heterocycles. The molecule has 8 heteroatoms. The van der Waals surface area contributed by atoms with Gasteiger partial charge in [0.2, 0.25) is 0 Å². The Morgan fingerprint density at radius 3 is 2.30 bits per heavy atom. The molecule has 0 spiro atoms. The third kappa shape index (κ3) is 3.97. The van der Waals surface area contributed by atoms with Crippen molar-refractivity contribution >= 4 is 34.6 Å². The Balaban J connectivity index is 1.55. The summed E-state index contributed by atoms with van der Waals surface area (Å²) in [4.78, 5) is 32.3. The van der Waals surface area contributed by atoms with Gasteiger partial charge in [-0.25, -0.2) is 4.98 Å². The van der Waals surface area contributed by atoms with Crippen molar-refractivity contribution in [2.75, 3.05) is 36.0 Å². The molecule has 0 unspecified atom stereocenters. The minimum Gasteiger partial charge on any atom is -0.362 e. The number of halogens is 1. The summed E-state index contributed by atoms with van der Waals surface area (Å²) in [6.07, 6.45) is 1.70. The fourth-order valence-electron chi connectivity index (χ4n) is 3.60. The third-order valence-corrected chi connectivity index (χ3v) is 5.42. The molecule has 4 rings (SSSR count). The first kappa shape index (κ1) is 19.8. The molecule has 0 radical (unpaired) electrons. The van der Waals surface area contributed by atoms with E-state index in [1.807, 2.05) is 11.0 Å². The lowest BCUT2D eigenvalue weighted by atomic mass is 10.0. The number of piperazine rings is 1. The van der Waals surface area contributed by atoms with Crippen LogP contribution in [0.5, 0.6) is 0 Å². The summed E-state index contributed by atoms with van der Waals surface area (Å²) in [5, 5.41) is 12.3. The van der Waals surface area contributed by atoms with Gasteiger partial charge >= 0.3 is 0 Å². The summed E-state index contributed by atoms with van der Waals surface area (Å²) in [6.45, 7) is 2.44. The molecule has 2 aromatic carbocycles. The van der Waals surface area contributed by atoms with Crippen LogP contribution in [-0.2, 0) is 0 Å². The van der Waals surface area contributed by atoms with Crippen molar-refractivity contribution in [3.05, 3.63) is 93.1 Å². The van der Waals surface area contributed by atoms with Crippen LogP contribution in [0.3, 0.4) is 0 Å². The van der Waals surface area contributed by atoms with E-state index in [1.165, 1.54) is 6.07 Å². The maximum absolute atomic E-state index is 12.7. The Hall–Kier alpha value is -3.45. The number of pyridine rings is 1. The minimum atomic E-state index is -0.431. The van der Waals surface area contributed by atoms with Gasteiger partial charge in [0.1, 0.15) is 11.5 Å². The summed E-state index contributed by atoms with van der Waals surface area (Å²) in [5.74, 6) is 0.483. The molecule has 2 heterocycles. The molecule has 1 aromatic heterocycles. The molecule has 0 atom stereocenters. The SMILES string of the molecule is O=C(c1ccccc1)c1ccc(N2CCN(c3ncccc3Cl)CC2)c([N+](=O)[O-])c1. The number of hydrogen-bond donors (Lipinski definition) is 0. The summed E-state index contributed by atoms with van der Waals surface area (Å²) in [5.41, 5.74) is 1.24. The Morgan fingerprint density at radius 1 is 0.933 bits per heavy atom. The van der Waals surface area contributed by atoms with Crippen LogP contribution in [0.25, 0.3) is 0 Å². The number of anilines is 2. The van der Waals surface area contributed by atoms with Crippen LogP contribution in [-0.4, -0.2) is 41.9 Å². The predicted molar refractivity (Wildman–Crippen MR) is 117 cm³/mol. The lowest BCUT2D eigenvalue weighted by Gasteiger charge is -2.36. The fourth-order valence-corrected chi connectivity index (χ4v) is 3.84. The second-order valence-electron chi connectivity index (χ2n) is 6.94. The standard InChI is InChI=1S/C22H19ClN4O3/c23-18-7-4-10-24-22(18)26-13-11-25(12-14-26)19-9-8-17(15-20(19)27(29)30)21(28)16-5-2-1-3-6-16/h1-10,15H,11-14H2. The van der Waals surface area contributed by atoms with Gasteiger partial charge in [0, 0.05) is 49.6 Å². The highest BCUT2D eigenvalue weighted by Gasteiger charge is 2.26. The number of hydrogen-bond acceptors (Lipinski definition) is 6. The van der Waals surface area contributed by atoms with E-state index in [9.17, 15) is 14.9 Å². The highest BCUT2D eigenvalue weighted by atomic mass is 35.5. The first-order chi connectivity index (χ1) is 14.5. The van der Waals surface area contributed by atoms with Crippen molar-refractivity contribution in [2.45, 2.75) is 0 Å². The first-order valence-electron chi connectivity index (χ1n) is 9.53. The van der Waals surface area contributed by atoms with Gasteiger partial charge in [-0.2, -0.15) is 0 Å². The van der Waals surface area contributed by atoms with Gasteiger partial charge in [-0.15, -0.1) is 0 Å². The predicted octanol–water partition coefficient (Wildman–Crippen LogP) is 4.20. The van der Waals surface area contributed by atoms with Gasteiger partial charge in [0.15, 0.2) is 5.78 Å². The number of aromatic nitrogens is 1. The normalized spacial score (nSPS) is 13.9. The van der Waals surface area contributed by atoms with Crippen LogP contribution >= 0.6 is 11.6 Å². The molecular formula is C22H19ClN4O3. The van der Waals surface area contributed by atoms with Crippen molar-refractivity contribution in [3.8, 4) is 0 Å². The molecule has 30 heavy (non-hydrogen) atoms. The Labute approximate surface area is 178 Å². The molecule has 7 nitrogen and oxygen atoms in total. The monoisotopic (exact) mass is 422 g/mol. The molecule has 3 aromatic rings. The Kier molecular flexibility index (Phi) is 5.63. The summed E-state index contributed by atoms with van der Waals surface area (Å²) in [7, 11) is 0. The zero-order valence-corrected chi connectivity index (χ0v) is 16.8. The van der Waals surface area contributed by atoms with E-state index in [0.29, 0.717) is 48.0 Å². The zero-order valence-electron chi connectivity index (χ0n) is 16.1. The van der Waals surface area contributed by atoms with Crippen LogP contribution in [0.4, 0.5) is 17.2 Å². The number of ketones is 1. The van der Waals surface area contributed by atoms with Gasteiger partial charge in [0.25, 0.3) is 5.69 Å². The highest BCUT2D eigenvalue weighted by molar-refractivity contribution is 6.32. The van der Waals surface area contributed by atoms with Crippen molar-refractivity contribution in [2.24, 2.45) is 0 Å². The first-order valence-corrected chi connectivity index (χ1v) is 9.91. The number of carbonyl (C=O) groups excluding carboxylic acids is 1. The number of nitrogens with zero attached hydrogens (tertiary/aromatic N) is 4. The molecule has 0 N–H and O–H groups in total. The Morgan fingerprint density at radius 2 is 1.63 bits per heavy atom. The lowest BCUT2D eigenvalue weighted by molar-refractivity contribution is -0.384. The van der Waals surface area contributed by atoms with Crippen LogP contribution < -0.4 is 9.80 Å². The van der Waals surface area contributed by atoms with Crippen LogP contribution in [0.1, 0.15) is 15.9 Å². The quantitative estimate of drug-likeness (QED) is 0.348. The van der Waals surface area contributed by atoms with Crippen molar-refractivity contribution in [3.63, 3.8) is 0 Å². The third-order valence-electron chi connectivity index (χ3n) is 5.13. The molecular weight excluding hydrogens is 404 g/mol. The molecule has 152 valence electrons. The van der Waals surface area contributed by atoms with Crippen LogP contribution in [0.15, 0.2) is 66.9 Å². The average molecular weight is 423 g/mol. The van der Waals surface area contributed by atoms with Gasteiger partial charge in [-0.05, 0) is 24.3 Å². The van der Waals surface area contributed by atoms with Crippen molar-refractivity contribution in [1.82, 2.24) is 4.98 Å². The second kappa shape index (κ2) is 8.51. The largest absolute Gasteiger partial charge is 0.362 e. The number of nitro benzene ring substituents is 1. The summed E-state index contributed by atoms with van der Waals surface area (Å²) < 4.78 is 0. The van der Waals surface area contributed by atoms with E-state index in [-0.39, 0.29) is 11.5 Å². The van der Waals surface area contributed by atoms with E-state index in [2.05, 4.69) is 9.88 Å². The Bertz CT molecular complexity index is 1080. The van der Waals surface area contributed by atoms with Crippen molar-refractivity contribution < 1.29 is 9.72 Å². The number of rotatable bonds is 5. The molecule has 0 saturated carbocycles. The molecule has 1 saturated heterocycles. The maximum Gasteiger partial charge on any atom is 0.293 e. The fraction of sp³-hybridized carbons (Fsp3) is 0.182. The van der Waals surface area contributed by atoms with E-state index in [1.54, 1.807) is 54.7 Å². The number of nitro groups is 1. The molecule has 0 amide bonds. The minimum absolute atomic E-state index is 0.0684. The smallest absolute Gasteiger partial charge is 0.293 e. The molecule has 1 aliphatic rings. The van der Waals surface area contributed by atoms with Crippen molar-refractivity contribution in [1.29, 1.82) is 0 Å². The van der Waals surface area contributed by atoms with E-state index in [0.717, 1.165) is 5.82 Å². The lowest BCUT2D eigenvalue weighted by Crippen LogP contribution is -2.47. The molecule has 0 aliphatic carbocycles. The summed E-state index contributed by atoms with van der Waals surface area (Å²) in [6, 6.07) is 17.0. The van der Waals surface area contributed by atoms with E-state index in [4.69, 9.17) is 11.6 Å². The van der Waals surface area contributed by atoms with Gasteiger partial charge < -0.3 is 9.80 Å². The second-order valence-corrected chi connectivity index (χ2v) is 7.35. The molecule has 0 bridgehead atoms. The highest BCUT2D eigenvalue weighted by Crippen LogP contribution is 2.32. The molecule has 1 fully saturated rings. The van der Waals surface area contributed by atoms with Crippen LogP contribution in [0.2, 0.25) is 5.02 Å². The zero-order chi connectivity index (χ0) is 21.1. The van der Waals surface area contributed by atoms with Crippen LogP contribution in [0, 0.1) is 10.1 Å². The van der Waals surface area contributed by atoms with Gasteiger partial charge in [-0.1, -0.05) is 41.9 Å². The topological polar surface area (TPSA) is 79.6 Å². The average Bonchev–Trinajstić information content (AvgIpc) is 2.79.